The largest absolute Gasteiger partial charge is 0.490 e. The summed E-state index contributed by atoms with van der Waals surface area (Å²) in [6.45, 7) is 2.57. The number of rotatable bonds is 6. The predicted octanol–water partition coefficient (Wildman–Crippen LogP) is 4.22. The van der Waals surface area contributed by atoms with E-state index in [1.807, 2.05) is 25.1 Å². The Kier molecular flexibility index (Phi) is 5.81. The Morgan fingerprint density at radius 1 is 1.13 bits per heavy atom. The van der Waals surface area contributed by atoms with Gasteiger partial charge in [0.25, 0.3) is 5.91 Å². The van der Waals surface area contributed by atoms with E-state index in [4.69, 9.17) is 9.47 Å². The van der Waals surface area contributed by atoms with Crippen molar-refractivity contribution in [1.82, 2.24) is 0 Å². The molecule has 0 unspecified atom stereocenters. The molecular formula is C23H25NO5S. The van der Waals surface area contributed by atoms with Crippen LogP contribution >= 0.6 is 0 Å². The van der Waals surface area contributed by atoms with Gasteiger partial charge in [0.1, 0.15) is 6.61 Å². The average molecular weight is 428 g/mol. The third-order valence-electron chi connectivity index (χ3n) is 5.48. The summed E-state index contributed by atoms with van der Waals surface area (Å²) in [5.74, 6) is 1.01. The molecule has 2 aromatic rings. The number of nitrogens with one attached hydrogen (secondary N) is 1. The molecule has 2 aromatic carbocycles. The summed E-state index contributed by atoms with van der Waals surface area (Å²) >= 11 is 0. The number of carbonyl (C=O) groups excluding carboxylic acids is 1. The molecule has 1 amide bonds. The maximum atomic E-state index is 12.7. The van der Waals surface area contributed by atoms with Gasteiger partial charge in [0.15, 0.2) is 21.3 Å². The first-order valence-corrected chi connectivity index (χ1v) is 11.8. The first-order valence-electron chi connectivity index (χ1n) is 10.2. The lowest BCUT2D eigenvalue weighted by atomic mass is 10.1. The van der Waals surface area contributed by atoms with E-state index in [2.05, 4.69) is 5.32 Å². The number of fused-ring (bicyclic) bond motifs is 1. The number of amides is 1. The van der Waals surface area contributed by atoms with Crippen LogP contribution in [0.4, 0.5) is 5.69 Å². The Morgan fingerprint density at radius 2 is 1.87 bits per heavy atom. The first kappa shape index (κ1) is 20.5. The van der Waals surface area contributed by atoms with Crippen LogP contribution in [0.25, 0.3) is 6.08 Å². The second kappa shape index (κ2) is 8.52. The van der Waals surface area contributed by atoms with E-state index in [9.17, 15) is 13.2 Å². The smallest absolute Gasteiger partial charge is 0.255 e. The van der Waals surface area contributed by atoms with E-state index < -0.39 is 9.84 Å². The highest BCUT2D eigenvalue weighted by Gasteiger charge is 2.30. The standard InChI is InChI=1S/C23H25NO5S/c1-2-28-21-9-5-6-16-14-17(15-29-22(16)21)23(25)24-18-10-12-20(13-11-18)30(26,27)19-7-3-4-8-19/h5-6,9-14,19H,2-4,7-8,15H2,1H3,(H,24,25). The highest BCUT2D eigenvalue weighted by atomic mass is 32.2. The van der Waals surface area contributed by atoms with Crippen molar-refractivity contribution in [1.29, 1.82) is 0 Å². The van der Waals surface area contributed by atoms with Gasteiger partial charge in [-0.2, -0.15) is 0 Å². The van der Waals surface area contributed by atoms with E-state index in [-0.39, 0.29) is 17.8 Å². The fourth-order valence-corrected chi connectivity index (χ4v) is 5.77. The molecular weight excluding hydrogens is 402 g/mol. The lowest BCUT2D eigenvalue weighted by Crippen LogP contribution is -2.21. The Morgan fingerprint density at radius 3 is 2.57 bits per heavy atom. The molecule has 0 saturated heterocycles. The van der Waals surface area contributed by atoms with Gasteiger partial charge in [0.05, 0.1) is 22.3 Å². The summed E-state index contributed by atoms with van der Waals surface area (Å²) < 4.78 is 36.7. The molecule has 1 aliphatic heterocycles. The van der Waals surface area contributed by atoms with Crippen LogP contribution in [0, 0.1) is 0 Å². The molecule has 1 aliphatic carbocycles. The third-order valence-corrected chi connectivity index (χ3v) is 7.76. The predicted molar refractivity (Wildman–Crippen MR) is 116 cm³/mol. The van der Waals surface area contributed by atoms with Crippen LogP contribution in [0.5, 0.6) is 11.5 Å². The maximum Gasteiger partial charge on any atom is 0.255 e. The number of benzene rings is 2. The summed E-state index contributed by atoms with van der Waals surface area (Å²) in [5.41, 5.74) is 1.81. The number of sulfone groups is 1. The summed E-state index contributed by atoms with van der Waals surface area (Å²) in [6.07, 6.45) is 5.16. The van der Waals surface area contributed by atoms with Crippen LogP contribution in [0.15, 0.2) is 52.9 Å². The molecule has 0 spiro atoms. The molecule has 1 heterocycles. The van der Waals surface area contributed by atoms with Gasteiger partial charge in [-0.05, 0) is 56.2 Å². The van der Waals surface area contributed by atoms with Crippen LogP contribution in [0.1, 0.15) is 38.2 Å². The van der Waals surface area contributed by atoms with Crippen molar-refractivity contribution in [2.75, 3.05) is 18.5 Å². The summed E-state index contributed by atoms with van der Waals surface area (Å²) in [7, 11) is -3.30. The van der Waals surface area contributed by atoms with Gasteiger partial charge in [0.2, 0.25) is 0 Å². The Balaban J connectivity index is 1.47. The van der Waals surface area contributed by atoms with Crippen LogP contribution < -0.4 is 14.8 Å². The van der Waals surface area contributed by atoms with Crippen LogP contribution in [0.3, 0.4) is 0 Å². The van der Waals surface area contributed by atoms with E-state index in [0.717, 1.165) is 31.2 Å². The molecule has 7 heteroatoms. The van der Waals surface area contributed by atoms with Gasteiger partial charge < -0.3 is 14.8 Å². The highest BCUT2D eigenvalue weighted by molar-refractivity contribution is 7.92. The lowest BCUT2D eigenvalue weighted by molar-refractivity contribution is -0.113. The fraction of sp³-hybridized carbons (Fsp3) is 0.348. The Hall–Kier alpha value is -2.80. The van der Waals surface area contributed by atoms with E-state index in [0.29, 0.717) is 34.3 Å². The van der Waals surface area contributed by atoms with E-state index >= 15 is 0 Å². The molecule has 1 saturated carbocycles. The van der Waals surface area contributed by atoms with Crippen molar-refractivity contribution in [2.24, 2.45) is 0 Å². The Bertz CT molecular complexity index is 1070. The van der Waals surface area contributed by atoms with Gasteiger partial charge in [-0.3, -0.25) is 4.79 Å². The second-order valence-corrected chi connectivity index (χ2v) is 9.72. The van der Waals surface area contributed by atoms with Crippen molar-refractivity contribution in [2.45, 2.75) is 42.8 Å². The summed E-state index contributed by atoms with van der Waals surface area (Å²) in [6, 6.07) is 12.0. The molecule has 0 atom stereocenters. The summed E-state index contributed by atoms with van der Waals surface area (Å²) in [5, 5.41) is 2.53. The Labute approximate surface area is 176 Å². The molecule has 158 valence electrons. The maximum absolute atomic E-state index is 12.7. The van der Waals surface area contributed by atoms with E-state index in [1.165, 1.54) is 0 Å². The number of hydrogen-bond acceptors (Lipinski definition) is 5. The van der Waals surface area contributed by atoms with Crippen molar-refractivity contribution in [3.8, 4) is 11.5 Å². The van der Waals surface area contributed by atoms with E-state index in [1.54, 1.807) is 30.3 Å². The van der Waals surface area contributed by atoms with Crippen LogP contribution in [0.2, 0.25) is 0 Å². The molecule has 0 aromatic heterocycles. The first-order chi connectivity index (χ1) is 14.5. The molecule has 30 heavy (non-hydrogen) atoms. The molecule has 1 N–H and O–H groups in total. The van der Waals surface area contributed by atoms with Crippen LogP contribution in [-0.4, -0.2) is 32.8 Å². The normalized spacial score (nSPS) is 16.4. The van der Waals surface area contributed by atoms with Crippen molar-refractivity contribution in [3.05, 3.63) is 53.6 Å². The molecule has 2 aliphatic rings. The zero-order chi connectivity index (χ0) is 21.1. The number of hydrogen-bond donors (Lipinski definition) is 1. The lowest BCUT2D eigenvalue weighted by Gasteiger charge is -2.20. The van der Waals surface area contributed by atoms with Gasteiger partial charge in [-0.25, -0.2) is 8.42 Å². The van der Waals surface area contributed by atoms with Crippen LogP contribution in [-0.2, 0) is 14.6 Å². The quantitative estimate of drug-likeness (QED) is 0.747. The topological polar surface area (TPSA) is 81.7 Å². The van der Waals surface area contributed by atoms with Crippen molar-refractivity contribution >= 4 is 27.5 Å². The minimum absolute atomic E-state index is 0.136. The number of anilines is 1. The summed E-state index contributed by atoms with van der Waals surface area (Å²) in [4.78, 5) is 13.0. The zero-order valence-corrected chi connectivity index (χ0v) is 17.7. The SMILES string of the molecule is CCOc1cccc2c1OCC(C(=O)Nc1ccc(S(=O)(=O)C3CCCC3)cc1)=C2. The van der Waals surface area contributed by atoms with Gasteiger partial charge >= 0.3 is 0 Å². The monoisotopic (exact) mass is 427 g/mol. The van der Waals surface area contributed by atoms with Crippen molar-refractivity contribution in [3.63, 3.8) is 0 Å². The minimum Gasteiger partial charge on any atom is -0.490 e. The molecule has 4 rings (SSSR count). The minimum atomic E-state index is -3.30. The average Bonchev–Trinajstić information content (AvgIpc) is 3.30. The molecule has 1 fully saturated rings. The highest BCUT2D eigenvalue weighted by Crippen LogP contribution is 2.36. The molecule has 0 radical (unpaired) electrons. The molecule has 6 nitrogen and oxygen atoms in total. The number of carbonyl (C=O) groups is 1. The van der Waals surface area contributed by atoms with Gasteiger partial charge in [0, 0.05) is 11.3 Å². The zero-order valence-electron chi connectivity index (χ0n) is 16.9. The van der Waals surface area contributed by atoms with Crippen molar-refractivity contribution < 1.29 is 22.7 Å². The number of para-hydroxylation sites is 1. The third kappa shape index (κ3) is 4.07. The van der Waals surface area contributed by atoms with Gasteiger partial charge in [-0.15, -0.1) is 0 Å². The van der Waals surface area contributed by atoms with Gasteiger partial charge in [-0.1, -0.05) is 25.0 Å². The fourth-order valence-electron chi connectivity index (χ4n) is 3.91. The number of ether oxygens (including phenoxy) is 2. The molecule has 0 bridgehead atoms. The second-order valence-electron chi connectivity index (χ2n) is 7.50.